The lowest BCUT2D eigenvalue weighted by Gasteiger charge is -1.99. The number of nitrogens with zero attached hydrogens (tertiary/aromatic N) is 1. The van der Waals surface area contributed by atoms with E-state index >= 15 is 0 Å². The Hall–Kier alpha value is -0.570. The van der Waals surface area contributed by atoms with Gasteiger partial charge in [-0.15, -0.1) is 0 Å². The Balaban J connectivity index is 2.26. The molecule has 1 heterocycles. The SMILES string of the molecule is CCCC1C(CCC)N1CCC(=O)O. The summed E-state index contributed by atoms with van der Waals surface area (Å²) in [6, 6.07) is 1.36. The zero-order valence-corrected chi connectivity index (χ0v) is 9.20. The highest BCUT2D eigenvalue weighted by atomic mass is 16.4. The third-order valence-electron chi connectivity index (χ3n) is 2.96. The summed E-state index contributed by atoms with van der Waals surface area (Å²) in [7, 11) is 0. The molecule has 14 heavy (non-hydrogen) atoms. The van der Waals surface area contributed by atoms with Gasteiger partial charge in [-0.1, -0.05) is 26.7 Å². The van der Waals surface area contributed by atoms with Crippen LogP contribution in [0.3, 0.4) is 0 Å². The van der Waals surface area contributed by atoms with Gasteiger partial charge in [0.05, 0.1) is 6.42 Å². The molecule has 3 nitrogen and oxygen atoms in total. The number of aliphatic carboxylic acids is 1. The zero-order valence-electron chi connectivity index (χ0n) is 9.20. The monoisotopic (exact) mass is 199 g/mol. The van der Waals surface area contributed by atoms with Gasteiger partial charge in [0, 0.05) is 18.6 Å². The fraction of sp³-hybridized carbons (Fsp3) is 0.909. The molecule has 1 aliphatic heterocycles. The van der Waals surface area contributed by atoms with Crippen LogP contribution in [0.4, 0.5) is 0 Å². The number of hydrogen-bond donors (Lipinski definition) is 1. The van der Waals surface area contributed by atoms with E-state index in [1.54, 1.807) is 0 Å². The van der Waals surface area contributed by atoms with Crippen molar-refractivity contribution in [1.82, 2.24) is 4.90 Å². The summed E-state index contributed by atoms with van der Waals surface area (Å²) < 4.78 is 0. The Labute approximate surface area is 86.1 Å². The summed E-state index contributed by atoms with van der Waals surface area (Å²) in [5, 5.41) is 8.60. The second kappa shape index (κ2) is 5.35. The van der Waals surface area contributed by atoms with Crippen molar-refractivity contribution in [3.63, 3.8) is 0 Å². The third-order valence-corrected chi connectivity index (χ3v) is 2.96. The second-order valence-electron chi connectivity index (χ2n) is 4.09. The first-order valence-electron chi connectivity index (χ1n) is 5.68. The normalized spacial score (nSPS) is 30.3. The molecule has 0 aromatic heterocycles. The largest absolute Gasteiger partial charge is 0.481 e. The van der Waals surface area contributed by atoms with Crippen LogP contribution in [0.25, 0.3) is 0 Å². The van der Waals surface area contributed by atoms with Gasteiger partial charge in [0.15, 0.2) is 0 Å². The van der Waals surface area contributed by atoms with Gasteiger partial charge in [0.1, 0.15) is 0 Å². The van der Waals surface area contributed by atoms with Crippen LogP contribution >= 0.6 is 0 Å². The molecule has 1 aliphatic rings. The number of carboxylic acids is 1. The van der Waals surface area contributed by atoms with Crippen LogP contribution in [-0.4, -0.2) is 34.6 Å². The van der Waals surface area contributed by atoms with Crippen molar-refractivity contribution in [3.05, 3.63) is 0 Å². The predicted molar refractivity (Wildman–Crippen MR) is 56.4 cm³/mol. The summed E-state index contributed by atoms with van der Waals surface area (Å²) >= 11 is 0. The first-order chi connectivity index (χ1) is 6.70. The van der Waals surface area contributed by atoms with Crippen molar-refractivity contribution >= 4 is 5.97 Å². The molecule has 0 aromatic carbocycles. The molecular formula is C11H21NO2. The van der Waals surface area contributed by atoms with E-state index in [0.29, 0.717) is 18.5 Å². The van der Waals surface area contributed by atoms with Gasteiger partial charge in [0.2, 0.25) is 0 Å². The molecule has 1 fully saturated rings. The quantitative estimate of drug-likeness (QED) is 0.638. The molecule has 0 amide bonds. The molecule has 82 valence electrons. The first kappa shape index (κ1) is 11.5. The van der Waals surface area contributed by atoms with E-state index in [0.717, 1.165) is 6.54 Å². The Morgan fingerprint density at radius 2 is 1.71 bits per heavy atom. The maximum atomic E-state index is 10.4. The van der Waals surface area contributed by atoms with E-state index in [1.807, 2.05) is 0 Å². The molecule has 0 saturated carbocycles. The minimum Gasteiger partial charge on any atom is -0.481 e. The number of rotatable bonds is 7. The van der Waals surface area contributed by atoms with Crippen molar-refractivity contribution < 1.29 is 9.90 Å². The Kier molecular flexibility index (Phi) is 4.39. The molecule has 3 heteroatoms. The van der Waals surface area contributed by atoms with Gasteiger partial charge >= 0.3 is 5.97 Å². The predicted octanol–water partition coefficient (Wildman–Crippen LogP) is 2.11. The van der Waals surface area contributed by atoms with Gasteiger partial charge in [-0.05, 0) is 12.8 Å². The summed E-state index contributed by atoms with van der Waals surface area (Å²) in [4.78, 5) is 12.8. The van der Waals surface area contributed by atoms with E-state index in [1.165, 1.54) is 25.7 Å². The Morgan fingerprint density at radius 3 is 2.07 bits per heavy atom. The van der Waals surface area contributed by atoms with E-state index in [4.69, 9.17) is 5.11 Å². The van der Waals surface area contributed by atoms with E-state index < -0.39 is 5.97 Å². The lowest BCUT2D eigenvalue weighted by atomic mass is 10.1. The van der Waals surface area contributed by atoms with Crippen LogP contribution in [0.2, 0.25) is 0 Å². The van der Waals surface area contributed by atoms with Crippen molar-refractivity contribution in [1.29, 1.82) is 0 Å². The average Bonchev–Trinajstić information content (AvgIpc) is 2.76. The van der Waals surface area contributed by atoms with E-state index in [2.05, 4.69) is 18.7 Å². The molecular weight excluding hydrogens is 178 g/mol. The summed E-state index contributed by atoms with van der Waals surface area (Å²) in [6.45, 7) is 5.12. The highest BCUT2D eigenvalue weighted by molar-refractivity contribution is 5.66. The average molecular weight is 199 g/mol. The van der Waals surface area contributed by atoms with Crippen molar-refractivity contribution in [2.24, 2.45) is 0 Å². The van der Waals surface area contributed by atoms with Crippen LogP contribution < -0.4 is 0 Å². The molecule has 0 spiro atoms. The van der Waals surface area contributed by atoms with Crippen LogP contribution in [0.5, 0.6) is 0 Å². The van der Waals surface area contributed by atoms with Gasteiger partial charge < -0.3 is 5.11 Å². The fourth-order valence-electron chi connectivity index (χ4n) is 2.26. The molecule has 0 aromatic rings. The molecule has 2 unspecified atom stereocenters. The zero-order chi connectivity index (χ0) is 10.6. The molecule has 2 atom stereocenters. The van der Waals surface area contributed by atoms with Crippen molar-refractivity contribution in [3.8, 4) is 0 Å². The molecule has 1 N–H and O–H groups in total. The summed E-state index contributed by atoms with van der Waals surface area (Å²) in [5.41, 5.74) is 0. The minimum absolute atomic E-state index is 0.292. The molecule has 1 saturated heterocycles. The molecule has 0 aliphatic carbocycles. The highest BCUT2D eigenvalue weighted by Gasteiger charge is 2.44. The summed E-state index contributed by atoms with van der Waals surface area (Å²) in [6.07, 6.45) is 5.15. The molecule has 0 radical (unpaired) electrons. The molecule has 0 bridgehead atoms. The lowest BCUT2D eigenvalue weighted by Crippen LogP contribution is -2.10. The van der Waals surface area contributed by atoms with E-state index in [-0.39, 0.29) is 0 Å². The van der Waals surface area contributed by atoms with Gasteiger partial charge in [0.25, 0.3) is 0 Å². The fourth-order valence-corrected chi connectivity index (χ4v) is 2.26. The number of hydrogen-bond acceptors (Lipinski definition) is 2. The van der Waals surface area contributed by atoms with E-state index in [9.17, 15) is 4.79 Å². The second-order valence-corrected chi connectivity index (χ2v) is 4.09. The first-order valence-corrected chi connectivity index (χ1v) is 5.68. The third kappa shape index (κ3) is 2.98. The molecule has 1 rings (SSSR count). The van der Waals surface area contributed by atoms with Crippen LogP contribution in [0.15, 0.2) is 0 Å². The topological polar surface area (TPSA) is 40.3 Å². The minimum atomic E-state index is -0.678. The van der Waals surface area contributed by atoms with Crippen LogP contribution in [0.1, 0.15) is 46.0 Å². The highest BCUT2D eigenvalue weighted by Crippen LogP contribution is 2.35. The van der Waals surface area contributed by atoms with Crippen molar-refractivity contribution in [2.75, 3.05) is 6.54 Å². The number of carbonyl (C=O) groups is 1. The van der Waals surface area contributed by atoms with Crippen LogP contribution in [0, 0.1) is 0 Å². The maximum Gasteiger partial charge on any atom is 0.304 e. The van der Waals surface area contributed by atoms with Gasteiger partial charge in [-0.3, -0.25) is 9.69 Å². The van der Waals surface area contributed by atoms with Crippen molar-refractivity contribution in [2.45, 2.75) is 58.0 Å². The smallest absolute Gasteiger partial charge is 0.304 e. The lowest BCUT2D eigenvalue weighted by molar-refractivity contribution is -0.137. The number of carboxylic acid groups (broad SMARTS) is 1. The Bertz CT molecular complexity index is 182. The van der Waals surface area contributed by atoms with Gasteiger partial charge in [-0.2, -0.15) is 0 Å². The standard InChI is InChI=1S/C11H21NO2/c1-3-5-9-10(6-4-2)12(9)8-7-11(13)14/h9-10H,3-8H2,1-2H3,(H,13,14). The summed E-state index contributed by atoms with van der Waals surface area (Å²) in [5.74, 6) is -0.678. The Morgan fingerprint density at radius 1 is 1.21 bits per heavy atom. The van der Waals surface area contributed by atoms with Crippen LogP contribution in [-0.2, 0) is 4.79 Å². The van der Waals surface area contributed by atoms with Gasteiger partial charge in [-0.25, -0.2) is 0 Å². The maximum absolute atomic E-state index is 10.4.